The number of fused-ring (bicyclic) bond motifs is 1. The SMILES string of the molecule is NC1=N[C@](CF)(c2cc(CC(=O)c3cnc(OCF)cn3)cc(F)c2F)[C@H]2COCC[C@H]2O1. The van der Waals surface area contributed by atoms with Gasteiger partial charge in [-0.05, 0) is 17.7 Å². The van der Waals surface area contributed by atoms with Crippen molar-refractivity contribution in [3.05, 3.63) is 53.0 Å². The van der Waals surface area contributed by atoms with E-state index in [1.807, 2.05) is 0 Å². The van der Waals surface area contributed by atoms with E-state index in [0.717, 1.165) is 18.5 Å². The van der Waals surface area contributed by atoms with E-state index < -0.39 is 48.5 Å². The highest BCUT2D eigenvalue weighted by Crippen LogP contribution is 2.44. The lowest BCUT2D eigenvalue weighted by atomic mass is 9.73. The van der Waals surface area contributed by atoms with Gasteiger partial charge in [0.2, 0.25) is 12.7 Å². The summed E-state index contributed by atoms with van der Waals surface area (Å²) in [6, 6.07) is 1.71. The first-order chi connectivity index (χ1) is 15.9. The van der Waals surface area contributed by atoms with Crippen LogP contribution < -0.4 is 10.5 Å². The van der Waals surface area contributed by atoms with Gasteiger partial charge < -0.3 is 19.9 Å². The third-order valence-electron chi connectivity index (χ3n) is 5.73. The van der Waals surface area contributed by atoms with Crippen LogP contribution in [0.4, 0.5) is 17.6 Å². The Morgan fingerprint density at radius 3 is 2.76 bits per heavy atom. The van der Waals surface area contributed by atoms with E-state index in [-0.39, 0.29) is 41.8 Å². The average molecular weight is 468 g/mol. The van der Waals surface area contributed by atoms with Crippen LogP contribution in [0.5, 0.6) is 5.88 Å². The zero-order valence-corrected chi connectivity index (χ0v) is 17.3. The molecular weight excluding hydrogens is 448 g/mol. The predicted molar refractivity (Wildman–Crippen MR) is 106 cm³/mol. The Morgan fingerprint density at radius 2 is 2.06 bits per heavy atom. The number of halogens is 4. The number of hydrogen-bond donors (Lipinski definition) is 1. The number of ether oxygens (including phenoxy) is 3. The van der Waals surface area contributed by atoms with Crippen LogP contribution in [0.2, 0.25) is 0 Å². The van der Waals surface area contributed by atoms with Crippen molar-refractivity contribution in [2.75, 3.05) is 26.7 Å². The maximum atomic E-state index is 15.0. The van der Waals surface area contributed by atoms with E-state index in [9.17, 15) is 22.4 Å². The molecule has 3 atom stereocenters. The van der Waals surface area contributed by atoms with E-state index in [1.165, 1.54) is 6.07 Å². The number of alkyl halides is 2. The highest BCUT2D eigenvalue weighted by molar-refractivity contribution is 5.95. The number of benzene rings is 1. The van der Waals surface area contributed by atoms with Gasteiger partial charge in [0, 0.05) is 18.4 Å². The van der Waals surface area contributed by atoms with Crippen LogP contribution in [-0.4, -0.2) is 54.6 Å². The van der Waals surface area contributed by atoms with Crippen molar-refractivity contribution in [3.63, 3.8) is 0 Å². The molecule has 2 aliphatic rings. The molecule has 2 N–H and O–H groups in total. The Hall–Kier alpha value is -3.28. The van der Waals surface area contributed by atoms with Gasteiger partial charge in [0.05, 0.1) is 31.5 Å². The van der Waals surface area contributed by atoms with E-state index >= 15 is 0 Å². The van der Waals surface area contributed by atoms with Crippen LogP contribution in [0.25, 0.3) is 0 Å². The lowest BCUT2D eigenvalue weighted by Crippen LogP contribution is -2.54. The number of nitrogens with two attached hydrogens (primary N) is 1. The molecule has 0 bridgehead atoms. The summed E-state index contributed by atoms with van der Waals surface area (Å²) in [5, 5.41) is 0. The quantitative estimate of drug-likeness (QED) is 0.491. The Labute approximate surface area is 185 Å². The van der Waals surface area contributed by atoms with E-state index in [4.69, 9.17) is 15.2 Å². The maximum absolute atomic E-state index is 15.0. The Balaban J connectivity index is 1.69. The second-order valence-corrected chi connectivity index (χ2v) is 7.67. The number of nitrogens with zero attached hydrogens (tertiary/aromatic N) is 3. The van der Waals surface area contributed by atoms with Crippen molar-refractivity contribution in [2.45, 2.75) is 24.5 Å². The molecule has 1 aromatic carbocycles. The summed E-state index contributed by atoms with van der Waals surface area (Å²) in [6.07, 6.45) is 1.55. The second-order valence-electron chi connectivity index (χ2n) is 7.67. The van der Waals surface area contributed by atoms with Crippen LogP contribution in [0, 0.1) is 17.6 Å². The van der Waals surface area contributed by atoms with Crippen molar-refractivity contribution >= 4 is 11.8 Å². The molecule has 176 valence electrons. The minimum Gasteiger partial charge on any atom is -0.462 e. The fourth-order valence-electron chi connectivity index (χ4n) is 4.16. The lowest BCUT2D eigenvalue weighted by molar-refractivity contribution is -0.0786. The van der Waals surface area contributed by atoms with Crippen molar-refractivity contribution in [3.8, 4) is 5.88 Å². The fraction of sp³-hybridized carbons (Fsp3) is 0.429. The van der Waals surface area contributed by atoms with Crippen molar-refractivity contribution < 1.29 is 36.6 Å². The van der Waals surface area contributed by atoms with Gasteiger partial charge in [0.15, 0.2) is 17.4 Å². The number of Topliss-reactive ketones (excluding diaryl/α,β-unsaturated/α-hetero) is 1. The summed E-state index contributed by atoms with van der Waals surface area (Å²) < 4.78 is 71.7. The number of aromatic nitrogens is 2. The van der Waals surface area contributed by atoms with Gasteiger partial charge in [-0.15, -0.1) is 0 Å². The van der Waals surface area contributed by atoms with Gasteiger partial charge in [-0.25, -0.2) is 32.5 Å². The maximum Gasteiger partial charge on any atom is 0.283 e. The molecule has 0 radical (unpaired) electrons. The van der Waals surface area contributed by atoms with Crippen LogP contribution in [0.3, 0.4) is 0 Å². The summed E-state index contributed by atoms with van der Waals surface area (Å²) in [4.78, 5) is 24.2. The molecule has 4 rings (SSSR count). The molecule has 0 aliphatic carbocycles. The molecule has 1 saturated heterocycles. The van der Waals surface area contributed by atoms with Crippen molar-refractivity contribution in [1.29, 1.82) is 0 Å². The van der Waals surface area contributed by atoms with Gasteiger partial charge in [-0.2, -0.15) is 0 Å². The van der Waals surface area contributed by atoms with Crippen LogP contribution in [0.15, 0.2) is 29.5 Å². The molecule has 0 saturated carbocycles. The predicted octanol–water partition coefficient (Wildman–Crippen LogP) is 2.40. The number of carbonyl (C=O) groups excluding carboxylic acids is 1. The second kappa shape index (κ2) is 9.30. The van der Waals surface area contributed by atoms with Gasteiger partial charge in [0.25, 0.3) is 6.02 Å². The van der Waals surface area contributed by atoms with Crippen LogP contribution >= 0.6 is 0 Å². The first-order valence-corrected chi connectivity index (χ1v) is 10.1. The first kappa shape index (κ1) is 22.9. The molecule has 8 nitrogen and oxygen atoms in total. The van der Waals surface area contributed by atoms with E-state index in [0.29, 0.717) is 13.0 Å². The highest BCUT2D eigenvalue weighted by Gasteiger charge is 2.52. The Morgan fingerprint density at radius 1 is 1.24 bits per heavy atom. The summed E-state index contributed by atoms with van der Waals surface area (Å²) in [5.41, 5.74) is 3.47. The number of ketones is 1. The largest absolute Gasteiger partial charge is 0.462 e. The molecular formula is C21H20F4N4O4. The van der Waals surface area contributed by atoms with E-state index in [2.05, 4.69) is 19.7 Å². The number of aliphatic imine (C=N–C) groups is 1. The molecule has 33 heavy (non-hydrogen) atoms. The zero-order valence-electron chi connectivity index (χ0n) is 17.3. The monoisotopic (exact) mass is 468 g/mol. The highest BCUT2D eigenvalue weighted by atomic mass is 19.2. The molecule has 3 heterocycles. The van der Waals surface area contributed by atoms with Crippen molar-refractivity contribution in [2.24, 2.45) is 16.6 Å². The summed E-state index contributed by atoms with van der Waals surface area (Å²) in [6.45, 7) is -1.94. The average Bonchev–Trinajstić information content (AvgIpc) is 2.81. The van der Waals surface area contributed by atoms with Crippen LogP contribution in [-0.2, 0) is 21.4 Å². The number of rotatable bonds is 7. The summed E-state index contributed by atoms with van der Waals surface area (Å²) >= 11 is 0. The van der Waals surface area contributed by atoms with Gasteiger partial charge >= 0.3 is 0 Å². The minimum atomic E-state index is -1.87. The van der Waals surface area contributed by atoms with Gasteiger partial charge in [0.1, 0.15) is 24.0 Å². The molecule has 0 unspecified atom stereocenters. The lowest BCUT2D eigenvalue weighted by Gasteiger charge is -2.45. The molecule has 12 heteroatoms. The molecule has 1 aromatic heterocycles. The van der Waals surface area contributed by atoms with Crippen molar-refractivity contribution in [1.82, 2.24) is 9.97 Å². The summed E-state index contributed by atoms with van der Waals surface area (Å²) in [7, 11) is 0. The third kappa shape index (κ3) is 4.34. The first-order valence-electron chi connectivity index (χ1n) is 10.1. The molecule has 0 spiro atoms. The molecule has 0 amide bonds. The molecule has 1 fully saturated rings. The minimum absolute atomic E-state index is 0.0124. The smallest absolute Gasteiger partial charge is 0.283 e. The standard InChI is InChI=1S/C21H20F4N4O4/c22-9-21(13-8-31-2-1-17(13)33-20(26)29-21)12-3-11(4-14(24)19(12)25)5-16(30)15-6-28-18(7-27-15)32-10-23/h3-4,6-7,13,17H,1-2,5,8-10H2,(H2,26,29)/t13-,17+,21+/m0/s1. The molecule has 2 aromatic rings. The topological polar surface area (TPSA) is 109 Å². The third-order valence-corrected chi connectivity index (χ3v) is 5.73. The number of hydrogen-bond acceptors (Lipinski definition) is 8. The Kier molecular flexibility index (Phi) is 6.45. The molecule has 2 aliphatic heterocycles. The summed E-state index contributed by atoms with van der Waals surface area (Å²) in [5.74, 6) is -4.01. The van der Waals surface area contributed by atoms with Gasteiger partial charge in [-0.3, -0.25) is 4.79 Å². The van der Waals surface area contributed by atoms with Crippen LogP contribution in [0.1, 0.15) is 28.0 Å². The Bertz CT molecular complexity index is 1070. The normalized spacial score (nSPS) is 24.4. The number of amidine groups is 1. The van der Waals surface area contributed by atoms with Gasteiger partial charge in [-0.1, -0.05) is 0 Å². The fourth-order valence-corrected chi connectivity index (χ4v) is 4.16. The zero-order chi connectivity index (χ0) is 23.6. The van der Waals surface area contributed by atoms with E-state index in [1.54, 1.807) is 0 Å². The number of carbonyl (C=O) groups is 1.